The van der Waals surface area contributed by atoms with Crippen LogP contribution in [0.25, 0.3) is 0 Å². The summed E-state index contributed by atoms with van der Waals surface area (Å²) in [5, 5.41) is 8.63. The molecular formula is C18H19Cl2N3O2S. The highest BCUT2D eigenvalue weighted by atomic mass is 35.5. The molecule has 0 unspecified atom stereocenters. The molecule has 138 valence electrons. The van der Waals surface area contributed by atoms with Gasteiger partial charge in [0.15, 0.2) is 16.6 Å². The zero-order chi connectivity index (χ0) is 18.9. The molecule has 0 aliphatic carbocycles. The smallest absolute Gasteiger partial charge is 0.186 e. The van der Waals surface area contributed by atoms with E-state index in [0.29, 0.717) is 26.7 Å². The molecule has 26 heavy (non-hydrogen) atoms. The molecule has 0 aliphatic heterocycles. The van der Waals surface area contributed by atoms with Gasteiger partial charge in [-0.05, 0) is 55.0 Å². The number of methoxy groups -OCH3 is 1. The van der Waals surface area contributed by atoms with Crippen LogP contribution in [0.15, 0.2) is 41.5 Å². The van der Waals surface area contributed by atoms with Gasteiger partial charge in [0.25, 0.3) is 0 Å². The van der Waals surface area contributed by atoms with Crippen LogP contribution in [-0.4, -0.2) is 25.0 Å². The zero-order valence-corrected chi connectivity index (χ0v) is 16.7. The van der Waals surface area contributed by atoms with Crippen molar-refractivity contribution in [2.75, 3.05) is 13.7 Å². The van der Waals surface area contributed by atoms with Crippen molar-refractivity contribution < 1.29 is 9.47 Å². The molecule has 0 bridgehead atoms. The summed E-state index contributed by atoms with van der Waals surface area (Å²) in [5.41, 5.74) is 4.40. The minimum Gasteiger partial charge on any atom is -0.493 e. The maximum Gasteiger partial charge on any atom is 0.186 e. The fourth-order valence-electron chi connectivity index (χ4n) is 2.05. The Morgan fingerprint density at radius 2 is 2.00 bits per heavy atom. The lowest BCUT2D eigenvalue weighted by Crippen LogP contribution is -2.31. The van der Waals surface area contributed by atoms with Crippen molar-refractivity contribution in [3.05, 3.63) is 57.6 Å². The van der Waals surface area contributed by atoms with Crippen LogP contribution in [0.1, 0.15) is 18.1 Å². The minimum absolute atomic E-state index is 0.287. The zero-order valence-electron chi connectivity index (χ0n) is 14.4. The summed E-state index contributed by atoms with van der Waals surface area (Å²) in [7, 11) is 1.58. The second-order valence-electron chi connectivity index (χ2n) is 5.16. The Labute approximate surface area is 168 Å². The molecule has 0 amide bonds. The fraction of sp³-hybridized carbons (Fsp3) is 0.222. The second-order valence-corrected chi connectivity index (χ2v) is 6.42. The predicted octanol–water partition coefficient (Wildman–Crippen LogP) is 4.40. The number of nitrogens with one attached hydrogen (secondary N) is 2. The van der Waals surface area contributed by atoms with E-state index in [1.54, 1.807) is 25.5 Å². The molecule has 0 heterocycles. The highest BCUT2D eigenvalue weighted by Gasteiger charge is 2.08. The van der Waals surface area contributed by atoms with Crippen molar-refractivity contribution in [2.45, 2.75) is 13.5 Å². The van der Waals surface area contributed by atoms with Crippen LogP contribution in [0.2, 0.25) is 10.0 Å². The van der Waals surface area contributed by atoms with E-state index in [0.717, 1.165) is 17.7 Å². The van der Waals surface area contributed by atoms with Gasteiger partial charge in [0.1, 0.15) is 6.61 Å². The standard InChI is InChI=1S/C18H19Cl2N3O2S/c1-3-21-18(26)23-22-10-12-4-7-16(24-2)17(8-12)25-11-13-5-6-14(19)9-15(13)20/h4-10H,3,11H2,1-2H3,(H2,21,23,26)/b22-10+. The average molecular weight is 412 g/mol. The van der Waals surface area contributed by atoms with Crippen LogP contribution >= 0.6 is 35.4 Å². The maximum absolute atomic E-state index is 6.18. The van der Waals surface area contributed by atoms with Gasteiger partial charge in [0, 0.05) is 22.2 Å². The molecule has 0 saturated carbocycles. The van der Waals surface area contributed by atoms with E-state index in [-0.39, 0.29) is 6.61 Å². The molecule has 0 fully saturated rings. The topological polar surface area (TPSA) is 54.9 Å². The quantitative estimate of drug-likeness (QED) is 0.401. The van der Waals surface area contributed by atoms with E-state index >= 15 is 0 Å². The number of hydrogen-bond donors (Lipinski definition) is 2. The number of thiocarbonyl (C=S) groups is 1. The van der Waals surface area contributed by atoms with Gasteiger partial charge >= 0.3 is 0 Å². The van der Waals surface area contributed by atoms with Crippen molar-refractivity contribution >= 4 is 46.7 Å². The third-order valence-electron chi connectivity index (χ3n) is 3.30. The van der Waals surface area contributed by atoms with Gasteiger partial charge < -0.3 is 14.8 Å². The van der Waals surface area contributed by atoms with Gasteiger partial charge in [-0.2, -0.15) is 5.10 Å². The van der Waals surface area contributed by atoms with E-state index in [2.05, 4.69) is 15.8 Å². The summed E-state index contributed by atoms with van der Waals surface area (Å²) < 4.78 is 11.2. The molecule has 0 aliphatic rings. The highest BCUT2D eigenvalue weighted by Crippen LogP contribution is 2.29. The Hall–Kier alpha value is -2.02. The lowest BCUT2D eigenvalue weighted by atomic mass is 10.2. The van der Waals surface area contributed by atoms with Gasteiger partial charge in [-0.15, -0.1) is 0 Å². The van der Waals surface area contributed by atoms with Crippen LogP contribution in [0, 0.1) is 0 Å². The molecular weight excluding hydrogens is 393 g/mol. The lowest BCUT2D eigenvalue weighted by Gasteiger charge is -2.12. The third kappa shape index (κ3) is 6.05. The van der Waals surface area contributed by atoms with E-state index in [4.69, 9.17) is 44.9 Å². The molecule has 2 N–H and O–H groups in total. The summed E-state index contributed by atoms with van der Waals surface area (Å²) in [5.74, 6) is 1.19. The van der Waals surface area contributed by atoms with Crippen LogP contribution in [0.5, 0.6) is 11.5 Å². The van der Waals surface area contributed by atoms with Crippen LogP contribution in [0.4, 0.5) is 0 Å². The molecule has 2 aromatic rings. The molecule has 0 saturated heterocycles. The Bertz CT molecular complexity index is 800. The molecule has 0 radical (unpaired) electrons. The molecule has 5 nitrogen and oxygen atoms in total. The first-order valence-corrected chi connectivity index (χ1v) is 9.01. The van der Waals surface area contributed by atoms with Crippen molar-refractivity contribution in [3.8, 4) is 11.5 Å². The molecule has 0 atom stereocenters. The van der Waals surface area contributed by atoms with Crippen molar-refractivity contribution in [1.29, 1.82) is 0 Å². The largest absolute Gasteiger partial charge is 0.493 e. The van der Waals surface area contributed by atoms with Gasteiger partial charge in [0.2, 0.25) is 0 Å². The van der Waals surface area contributed by atoms with Gasteiger partial charge in [-0.25, -0.2) is 0 Å². The minimum atomic E-state index is 0.287. The summed E-state index contributed by atoms with van der Waals surface area (Å²) in [6.45, 7) is 2.97. The van der Waals surface area contributed by atoms with Crippen LogP contribution in [-0.2, 0) is 6.61 Å². The van der Waals surface area contributed by atoms with Crippen molar-refractivity contribution in [3.63, 3.8) is 0 Å². The lowest BCUT2D eigenvalue weighted by molar-refractivity contribution is 0.284. The van der Waals surface area contributed by atoms with Crippen LogP contribution in [0.3, 0.4) is 0 Å². The monoisotopic (exact) mass is 411 g/mol. The predicted molar refractivity (Wildman–Crippen MR) is 111 cm³/mol. The molecule has 8 heteroatoms. The number of halogens is 2. The Kier molecular flexibility index (Phi) is 7.97. The molecule has 2 aromatic carbocycles. The summed E-state index contributed by atoms with van der Waals surface area (Å²) in [6.07, 6.45) is 1.64. The first-order valence-electron chi connectivity index (χ1n) is 7.85. The second kappa shape index (κ2) is 10.2. The number of benzene rings is 2. The SMILES string of the molecule is CCNC(=S)N/N=C/c1ccc(OC)c(OCc2ccc(Cl)cc2Cl)c1. The number of hydrogen-bond acceptors (Lipinski definition) is 4. The summed E-state index contributed by atoms with van der Waals surface area (Å²) in [6, 6.07) is 10.8. The van der Waals surface area contributed by atoms with Crippen molar-refractivity contribution in [2.24, 2.45) is 5.10 Å². The number of ether oxygens (including phenoxy) is 2. The number of rotatable bonds is 7. The number of hydrazone groups is 1. The third-order valence-corrected chi connectivity index (χ3v) is 4.13. The van der Waals surface area contributed by atoms with Crippen molar-refractivity contribution in [1.82, 2.24) is 10.7 Å². The van der Waals surface area contributed by atoms with Gasteiger partial charge in [-0.3, -0.25) is 5.43 Å². The Morgan fingerprint density at radius 3 is 2.69 bits per heavy atom. The van der Waals surface area contributed by atoms with Crippen LogP contribution < -0.4 is 20.2 Å². The van der Waals surface area contributed by atoms with E-state index in [1.165, 1.54) is 0 Å². The highest BCUT2D eigenvalue weighted by molar-refractivity contribution is 7.80. The Morgan fingerprint density at radius 1 is 1.19 bits per heavy atom. The first-order chi connectivity index (χ1) is 12.5. The normalized spacial score (nSPS) is 10.6. The summed E-state index contributed by atoms with van der Waals surface area (Å²) >= 11 is 17.1. The van der Waals surface area contributed by atoms with E-state index < -0.39 is 0 Å². The summed E-state index contributed by atoms with van der Waals surface area (Å²) in [4.78, 5) is 0. The fourth-order valence-corrected chi connectivity index (χ4v) is 2.71. The maximum atomic E-state index is 6.18. The molecule has 0 spiro atoms. The average Bonchev–Trinajstić information content (AvgIpc) is 2.61. The molecule has 2 rings (SSSR count). The number of nitrogens with zero attached hydrogens (tertiary/aromatic N) is 1. The van der Waals surface area contributed by atoms with E-state index in [9.17, 15) is 0 Å². The Balaban J connectivity index is 2.08. The van der Waals surface area contributed by atoms with Gasteiger partial charge in [-0.1, -0.05) is 29.3 Å². The molecule has 0 aromatic heterocycles. The van der Waals surface area contributed by atoms with E-state index in [1.807, 2.05) is 31.2 Å². The first kappa shape index (κ1) is 20.3. The van der Waals surface area contributed by atoms with Gasteiger partial charge in [0.05, 0.1) is 13.3 Å².